The quantitative estimate of drug-likeness (QED) is 0.689. The molecule has 2 heteroatoms. The third-order valence-electron chi connectivity index (χ3n) is 3.38. The van der Waals surface area contributed by atoms with Crippen LogP contribution in [0.3, 0.4) is 0 Å². The Hall–Kier alpha value is -1.12. The summed E-state index contributed by atoms with van der Waals surface area (Å²) in [6.45, 7) is 16.7. The summed E-state index contributed by atoms with van der Waals surface area (Å²) >= 11 is 0. The first kappa shape index (κ1) is 16.9. The number of nitrogens with zero attached hydrogens (tertiary/aromatic N) is 1. The van der Waals surface area contributed by atoms with Crippen molar-refractivity contribution in [3.8, 4) is 0 Å². The van der Waals surface area contributed by atoms with Gasteiger partial charge in [-0.2, -0.15) is 0 Å². The van der Waals surface area contributed by atoms with E-state index in [1.165, 1.54) is 11.1 Å². The second-order valence-corrected chi connectivity index (χ2v) is 6.15. The fraction of sp³-hybridized carbons (Fsp3) is 0.556. The molecular formula is C18H30N2. The molecule has 0 unspecified atom stereocenters. The normalized spacial score (nSPS) is 11.6. The van der Waals surface area contributed by atoms with Crippen molar-refractivity contribution in [2.45, 2.75) is 46.8 Å². The van der Waals surface area contributed by atoms with Gasteiger partial charge in [0.25, 0.3) is 0 Å². The summed E-state index contributed by atoms with van der Waals surface area (Å²) in [6.07, 6.45) is 1.98. The molecule has 1 aromatic carbocycles. The first-order chi connectivity index (χ1) is 9.52. The highest BCUT2D eigenvalue weighted by atomic mass is 15.1. The fourth-order valence-corrected chi connectivity index (χ4v) is 2.13. The van der Waals surface area contributed by atoms with Gasteiger partial charge in [-0.3, -0.25) is 4.90 Å². The number of benzene rings is 1. The zero-order chi connectivity index (χ0) is 15.0. The van der Waals surface area contributed by atoms with E-state index in [1.54, 1.807) is 0 Å². The first-order valence-electron chi connectivity index (χ1n) is 7.66. The Morgan fingerprint density at radius 1 is 1.10 bits per heavy atom. The van der Waals surface area contributed by atoms with Gasteiger partial charge < -0.3 is 5.32 Å². The lowest BCUT2D eigenvalue weighted by atomic mass is 10.1. The molecule has 0 spiro atoms. The highest BCUT2D eigenvalue weighted by molar-refractivity contribution is 5.22. The van der Waals surface area contributed by atoms with Crippen LogP contribution >= 0.6 is 0 Å². The van der Waals surface area contributed by atoms with Gasteiger partial charge in [0.05, 0.1) is 0 Å². The zero-order valence-corrected chi connectivity index (χ0v) is 13.5. The third kappa shape index (κ3) is 6.36. The minimum absolute atomic E-state index is 0.542. The Morgan fingerprint density at radius 3 is 2.20 bits per heavy atom. The summed E-state index contributed by atoms with van der Waals surface area (Å²) < 4.78 is 0. The van der Waals surface area contributed by atoms with Crippen molar-refractivity contribution in [3.05, 3.63) is 48.0 Å². The maximum atomic E-state index is 3.84. The Balaban J connectivity index is 2.50. The summed E-state index contributed by atoms with van der Waals surface area (Å²) in [5, 5.41) is 3.48. The van der Waals surface area contributed by atoms with E-state index in [4.69, 9.17) is 0 Å². The molecular weight excluding hydrogens is 244 g/mol. The van der Waals surface area contributed by atoms with Gasteiger partial charge >= 0.3 is 0 Å². The molecule has 0 aliphatic carbocycles. The van der Waals surface area contributed by atoms with Gasteiger partial charge in [0.1, 0.15) is 0 Å². The number of rotatable bonds is 9. The topological polar surface area (TPSA) is 15.3 Å². The smallest absolute Gasteiger partial charge is 0.0239 e. The fourth-order valence-electron chi connectivity index (χ4n) is 2.13. The van der Waals surface area contributed by atoms with E-state index < -0.39 is 0 Å². The average molecular weight is 274 g/mol. The van der Waals surface area contributed by atoms with Crippen LogP contribution in [-0.4, -0.2) is 24.0 Å². The van der Waals surface area contributed by atoms with E-state index in [-0.39, 0.29) is 0 Å². The SMILES string of the molecule is C=CCN(Cc1ccc(CNCC(C)C)cc1)C(C)C. The molecule has 0 heterocycles. The van der Waals surface area contributed by atoms with E-state index in [0.717, 1.165) is 26.2 Å². The van der Waals surface area contributed by atoms with E-state index in [9.17, 15) is 0 Å². The summed E-state index contributed by atoms with van der Waals surface area (Å²) in [7, 11) is 0. The molecule has 0 saturated heterocycles. The van der Waals surface area contributed by atoms with Gasteiger partial charge in [-0.1, -0.05) is 44.2 Å². The average Bonchev–Trinajstić information content (AvgIpc) is 2.39. The molecule has 0 aromatic heterocycles. The van der Waals surface area contributed by atoms with Crippen LogP contribution in [-0.2, 0) is 13.1 Å². The van der Waals surface area contributed by atoms with Crippen molar-refractivity contribution in [3.63, 3.8) is 0 Å². The van der Waals surface area contributed by atoms with Crippen LogP contribution in [0.25, 0.3) is 0 Å². The van der Waals surface area contributed by atoms with Crippen molar-refractivity contribution in [2.75, 3.05) is 13.1 Å². The van der Waals surface area contributed by atoms with Crippen molar-refractivity contribution >= 4 is 0 Å². The maximum Gasteiger partial charge on any atom is 0.0239 e. The second-order valence-electron chi connectivity index (χ2n) is 6.15. The van der Waals surface area contributed by atoms with Crippen LogP contribution in [0.1, 0.15) is 38.8 Å². The minimum atomic E-state index is 0.542. The highest BCUT2D eigenvalue weighted by Gasteiger charge is 2.08. The standard InChI is InChI=1S/C18H30N2/c1-6-11-20(16(4)5)14-18-9-7-17(8-10-18)13-19-12-15(2)3/h6-10,15-16,19H,1,11-14H2,2-5H3. The molecule has 0 aliphatic heterocycles. The lowest BCUT2D eigenvalue weighted by Gasteiger charge is -2.25. The van der Waals surface area contributed by atoms with Crippen molar-refractivity contribution in [1.29, 1.82) is 0 Å². The van der Waals surface area contributed by atoms with Crippen LogP contribution in [0.15, 0.2) is 36.9 Å². The molecule has 1 rings (SSSR count). The molecule has 0 amide bonds. The second kappa shape index (κ2) is 8.93. The molecule has 2 nitrogen and oxygen atoms in total. The van der Waals surface area contributed by atoms with Crippen molar-refractivity contribution in [2.24, 2.45) is 5.92 Å². The monoisotopic (exact) mass is 274 g/mol. The molecule has 1 aromatic rings. The summed E-state index contributed by atoms with van der Waals surface area (Å²) in [5.74, 6) is 0.702. The predicted octanol–water partition coefficient (Wildman–Crippen LogP) is 3.83. The van der Waals surface area contributed by atoms with E-state index in [2.05, 4.69) is 68.8 Å². The lowest BCUT2D eigenvalue weighted by molar-refractivity contribution is 0.237. The highest BCUT2D eigenvalue weighted by Crippen LogP contribution is 2.10. The molecule has 1 N–H and O–H groups in total. The Morgan fingerprint density at radius 2 is 1.70 bits per heavy atom. The predicted molar refractivity (Wildman–Crippen MR) is 88.7 cm³/mol. The van der Waals surface area contributed by atoms with Crippen molar-refractivity contribution in [1.82, 2.24) is 10.2 Å². The molecule has 0 atom stereocenters. The maximum absolute atomic E-state index is 3.84. The lowest BCUT2D eigenvalue weighted by Crippen LogP contribution is -2.30. The number of hydrogen-bond donors (Lipinski definition) is 1. The Bertz CT molecular complexity index is 379. The molecule has 0 radical (unpaired) electrons. The van der Waals surface area contributed by atoms with Gasteiger partial charge in [-0.05, 0) is 37.4 Å². The van der Waals surface area contributed by atoms with Gasteiger partial charge in [0.2, 0.25) is 0 Å². The van der Waals surface area contributed by atoms with Gasteiger partial charge in [-0.25, -0.2) is 0 Å². The first-order valence-corrected chi connectivity index (χ1v) is 7.66. The summed E-state index contributed by atoms with van der Waals surface area (Å²) in [6, 6.07) is 9.49. The molecule has 20 heavy (non-hydrogen) atoms. The van der Waals surface area contributed by atoms with Crippen LogP contribution in [0.4, 0.5) is 0 Å². The van der Waals surface area contributed by atoms with Gasteiger partial charge in [-0.15, -0.1) is 6.58 Å². The van der Waals surface area contributed by atoms with Gasteiger partial charge in [0.15, 0.2) is 0 Å². The number of nitrogens with one attached hydrogen (secondary N) is 1. The Kier molecular flexibility index (Phi) is 7.56. The van der Waals surface area contributed by atoms with E-state index in [0.29, 0.717) is 12.0 Å². The largest absolute Gasteiger partial charge is 0.312 e. The third-order valence-corrected chi connectivity index (χ3v) is 3.38. The van der Waals surface area contributed by atoms with E-state index >= 15 is 0 Å². The Labute approximate surface area is 124 Å². The molecule has 0 saturated carbocycles. The molecule has 0 fully saturated rings. The summed E-state index contributed by atoms with van der Waals surface area (Å²) in [4.78, 5) is 2.42. The molecule has 112 valence electrons. The van der Waals surface area contributed by atoms with Crippen molar-refractivity contribution < 1.29 is 0 Å². The summed E-state index contributed by atoms with van der Waals surface area (Å²) in [5.41, 5.74) is 2.72. The number of hydrogen-bond acceptors (Lipinski definition) is 2. The van der Waals surface area contributed by atoms with Crippen LogP contribution in [0, 0.1) is 5.92 Å². The molecule has 0 aliphatic rings. The van der Waals surface area contributed by atoms with Crippen LogP contribution in [0.2, 0.25) is 0 Å². The molecule has 0 bridgehead atoms. The van der Waals surface area contributed by atoms with Crippen LogP contribution < -0.4 is 5.32 Å². The van der Waals surface area contributed by atoms with E-state index in [1.807, 2.05) is 6.08 Å². The van der Waals surface area contributed by atoms with Gasteiger partial charge in [0, 0.05) is 25.7 Å². The minimum Gasteiger partial charge on any atom is -0.312 e. The zero-order valence-electron chi connectivity index (χ0n) is 13.5. The van der Waals surface area contributed by atoms with Crippen LogP contribution in [0.5, 0.6) is 0 Å².